The highest BCUT2D eigenvalue weighted by atomic mass is 16.5. The Morgan fingerprint density at radius 3 is 2.53 bits per heavy atom. The largest absolute Gasteiger partial charge is 0.493 e. The van der Waals surface area contributed by atoms with Gasteiger partial charge in [0, 0.05) is 0 Å². The van der Waals surface area contributed by atoms with Gasteiger partial charge in [-0.15, -0.1) is 0 Å². The number of carbonyl (C=O) groups is 1. The predicted octanol–water partition coefficient (Wildman–Crippen LogP) is 2.07. The summed E-state index contributed by atoms with van der Waals surface area (Å²) < 4.78 is 10.3. The number of ether oxygens (including phenoxy) is 2. The first-order valence-corrected chi connectivity index (χ1v) is 5.27. The molecule has 1 aromatic rings. The first kappa shape index (κ1) is 13.1. The van der Waals surface area contributed by atoms with Crippen molar-refractivity contribution in [1.82, 2.24) is 5.32 Å². The smallest absolute Gasteiger partial charge is 0.243 e. The van der Waals surface area contributed by atoms with E-state index < -0.39 is 0 Å². The zero-order chi connectivity index (χ0) is 12.8. The van der Waals surface area contributed by atoms with Crippen molar-refractivity contribution in [2.45, 2.75) is 13.0 Å². The fourth-order valence-electron chi connectivity index (χ4n) is 1.48. The first-order chi connectivity index (χ1) is 8.12. The van der Waals surface area contributed by atoms with Crippen LogP contribution >= 0.6 is 0 Å². The van der Waals surface area contributed by atoms with E-state index >= 15 is 0 Å². The van der Waals surface area contributed by atoms with Crippen molar-refractivity contribution in [1.29, 1.82) is 0 Å². The molecule has 1 aromatic carbocycles. The Hall–Kier alpha value is -1.97. The molecular weight excluding hydrogens is 218 g/mol. The molecule has 4 heteroatoms. The molecule has 0 saturated carbocycles. The van der Waals surface area contributed by atoms with Crippen molar-refractivity contribution in [3.8, 4) is 11.5 Å². The summed E-state index contributed by atoms with van der Waals surface area (Å²) in [7, 11) is 3.16. The van der Waals surface area contributed by atoms with Gasteiger partial charge >= 0.3 is 0 Å². The van der Waals surface area contributed by atoms with Gasteiger partial charge in [-0.3, -0.25) is 4.79 Å². The van der Waals surface area contributed by atoms with Crippen LogP contribution in [0.1, 0.15) is 18.5 Å². The molecule has 0 aliphatic carbocycles. The molecule has 17 heavy (non-hydrogen) atoms. The number of hydrogen-bond acceptors (Lipinski definition) is 3. The van der Waals surface area contributed by atoms with Gasteiger partial charge in [0.1, 0.15) is 0 Å². The standard InChI is InChI=1S/C13H17NO3/c1-5-13(15)14-9(2)10-6-7-11(16-3)12(8-10)17-4/h5-9H,1H2,2-4H3,(H,14,15). The van der Waals surface area contributed by atoms with E-state index in [0.29, 0.717) is 11.5 Å². The molecule has 0 fully saturated rings. The highest BCUT2D eigenvalue weighted by Crippen LogP contribution is 2.29. The van der Waals surface area contributed by atoms with Crippen LogP contribution < -0.4 is 14.8 Å². The molecule has 1 rings (SSSR count). The fourth-order valence-corrected chi connectivity index (χ4v) is 1.48. The predicted molar refractivity (Wildman–Crippen MR) is 66.3 cm³/mol. The summed E-state index contributed by atoms with van der Waals surface area (Å²) in [4.78, 5) is 11.2. The van der Waals surface area contributed by atoms with Crippen molar-refractivity contribution in [3.05, 3.63) is 36.4 Å². The van der Waals surface area contributed by atoms with Gasteiger partial charge in [0.2, 0.25) is 5.91 Å². The number of hydrogen-bond donors (Lipinski definition) is 1. The van der Waals surface area contributed by atoms with Crippen molar-refractivity contribution in [2.75, 3.05) is 14.2 Å². The van der Waals surface area contributed by atoms with E-state index in [0.717, 1.165) is 5.56 Å². The molecule has 0 saturated heterocycles. The average Bonchev–Trinajstić information content (AvgIpc) is 2.37. The molecular formula is C13H17NO3. The molecule has 0 spiro atoms. The van der Waals surface area contributed by atoms with Gasteiger partial charge in [0.15, 0.2) is 11.5 Å². The molecule has 0 aliphatic heterocycles. The summed E-state index contributed by atoms with van der Waals surface area (Å²) in [6.45, 7) is 5.30. The van der Waals surface area contributed by atoms with Crippen LogP contribution in [0.25, 0.3) is 0 Å². The molecule has 1 atom stereocenters. The summed E-state index contributed by atoms with van der Waals surface area (Å²) in [6.07, 6.45) is 1.25. The summed E-state index contributed by atoms with van der Waals surface area (Å²) in [5.74, 6) is 1.11. The maximum Gasteiger partial charge on any atom is 0.243 e. The van der Waals surface area contributed by atoms with Crippen LogP contribution in [0.15, 0.2) is 30.9 Å². The third-order valence-electron chi connectivity index (χ3n) is 2.45. The number of benzene rings is 1. The Labute approximate surface area is 101 Å². The lowest BCUT2D eigenvalue weighted by molar-refractivity contribution is -0.117. The third kappa shape index (κ3) is 3.24. The van der Waals surface area contributed by atoms with E-state index in [1.807, 2.05) is 25.1 Å². The average molecular weight is 235 g/mol. The Morgan fingerprint density at radius 2 is 2.00 bits per heavy atom. The number of amides is 1. The number of methoxy groups -OCH3 is 2. The minimum atomic E-state index is -0.202. The maximum absolute atomic E-state index is 11.2. The minimum absolute atomic E-state index is 0.111. The molecule has 0 radical (unpaired) electrons. The molecule has 92 valence electrons. The van der Waals surface area contributed by atoms with E-state index in [4.69, 9.17) is 9.47 Å². The van der Waals surface area contributed by atoms with Crippen molar-refractivity contribution in [2.24, 2.45) is 0 Å². The van der Waals surface area contributed by atoms with Crippen molar-refractivity contribution < 1.29 is 14.3 Å². The first-order valence-electron chi connectivity index (χ1n) is 5.27. The topological polar surface area (TPSA) is 47.6 Å². The molecule has 4 nitrogen and oxygen atoms in total. The third-order valence-corrected chi connectivity index (χ3v) is 2.45. The fraction of sp³-hybridized carbons (Fsp3) is 0.308. The van der Waals surface area contributed by atoms with Gasteiger partial charge in [0.25, 0.3) is 0 Å². The highest BCUT2D eigenvalue weighted by Gasteiger charge is 2.11. The number of carbonyl (C=O) groups excluding carboxylic acids is 1. The van der Waals surface area contributed by atoms with Crippen molar-refractivity contribution >= 4 is 5.91 Å². The molecule has 0 heterocycles. The maximum atomic E-state index is 11.2. The lowest BCUT2D eigenvalue weighted by atomic mass is 10.1. The Kier molecular flexibility index (Phi) is 4.57. The number of rotatable bonds is 5. The van der Waals surface area contributed by atoms with Crippen molar-refractivity contribution in [3.63, 3.8) is 0 Å². The second-order valence-electron chi connectivity index (χ2n) is 3.55. The van der Waals surface area contributed by atoms with Gasteiger partial charge in [-0.1, -0.05) is 12.6 Å². The SMILES string of the molecule is C=CC(=O)NC(C)c1ccc(OC)c(OC)c1. The summed E-state index contributed by atoms with van der Waals surface area (Å²) in [5.41, 5.74) is 0.942. The Bertz CT molecular complexity index is 415. The second kappa shape index (κ2) is 5.94. The second-order valence-corrected chi connectivity index (χ2v) is 3.55. The zero-order valence-corrected chi connectivity index (χ0v) is 10.3. The normalized spacial score (nSPS) is 11.5. The van der Waals surface area contributed by atoms with Crippen LogP contribution in [0, 0.1) is 0 Å². The Balaban J connectivity index is 2.91. The van der Waals surface area contributed by atoms with Crippen LogP contribution in [0.3, 0.4) is 0 Å². The van der Waals surface area contributed by atoms with E-state index in [9.17, 15) is 4.79 Å². The van der Waals surface area contributed by atoms with E-state index in [1.54, 1.807) is 14.2 Å². The summed E-state index contributed by atoms with van der Waals surface area (Å²) in [5, 5.41) is 2.78. The lowest BCUT2D eigenvalue weighted by Gasteiger charge is -2.15. The molecule has 0 aromatic heterocycles. The van der Waals surface area contributed by atoms with Gasteiger partial charge in [0.05, 0.1) is 20.3 Å². The van der Waals surface area contributed by atoms with Crippen LogP contribution in [0.2, 0.25) is 0 Å². The zero-order valence-electron chi connectivity index (χ0n) is 10.3. The van der Waals surface area contributed by atoms with Crippen LogP contribution in [0.5, 0.6) is 11.5 Å². The van der Waals surface area contributed by atoms with Gasteiger partial charge in [-0.25, -0.2) is 0 Å². The van der Waals surface area contributed by atoms with Gasteiger partial charge < -0.3 is 14.8 Å². The van der Waals surface area contributed by atoms with E-state index in [-0.39, 0.29) is 11.9 Å². The van der Waals surface area contributed by atoms with E-state index in [1.165, 1.54) is 6.08 Å². The minimum Gasteiger partial charge on any atom is -0.493 e. The number of nitrogens with one attached hydrogen (secondary N) is 1. The monoisotopic (exact) mass is 235 g/mol. The quantitative estimate of drug-likeness (QED) is 0.795. The molecule has 0 bridgehead atoms. The van der Waals surface area contributed by atoms with Gasteiger partial charge in [-0.05, 0) is 30.7 Å². The molecule has 0 aliphatic rings. The molecule has 1 unspecified atom stereocenters. The van der Waals surface area contributed by atoms with E-state index in [2.05, 4.69) is 11.9 Å². The summed E-state index contributed by atoms with van der Waals surface area (Å²) >= 11 is 0. The highest BCUT2D eigenvalue weighted by molar-refractivity contribution is 5.87. The summed E-state index contributed by atoms with van der Waals surface area (Å²) in [6, 6.07) is 5.42. The van der Waals surface area contributed by atoms with Gasteiger partial charge in [-0.2, -0.15) is 0 Å². The lowest BCUT2D eigenvalue weighted by Crippen LogP contribution is -2.24. The molecule has 1 N–H and O–H groups in total. The van der Waals surface area contributed by atoms with Crippen LogP contribution in [0.4, 0.5) is 0 Å². The van der Waals surface area contributed by atoms with Crippen LogP contribution in [-0.2, 0) is 4.79 Å². The van der Waals surface area contributed by atoms with Crippen LogP contribution in [-0.4, -0.2) is 20.1 Å². The Morgan fingerprint density at radius 1 is 1.35 bits per heavy atom. The molecule has 1 amide bonds.